The number of anilines is 1. The van der Waals surface area contributed by atoms with Crippen LogP contribution < -0.4 is 10.0 Å². The third-order valence-corrected chi connectivity index (χ3v) is 6.12. The summed E-state index contributed by atoms with van der Waals surface area (Å²) in [4.78, 5) is 6.74. The monoisotopic (exact) mass is 484 g/mol. The summed E-state index contributed by atoms with van der Waals surface area (Å²) in [6, 6.07) is 8.63. The van der Waals surface area contributed by atoms with Crippen molar-refractivity contribution < 1.29 is 21.6 Å². The number of nitrogens with zero attached hydrogens (tertiary/aromatic N) is 4. The van der Waals surface area contributed by atoms with Crippen LogP contribution in [0.5, 0.6) is 0 Å². The number of nitrogens with one attached hydrogen (secondary N) is 2. The number of rotatable bonds is 9. The number of fused-ring (bicyclic) bond motifs is 1. The van der Waals surface area contributed by atoms with Gasteiger partial charge < -0.3 is 10.2 Å². The van der Waals surface area contributed by atoms with Crippen molar-refractivity contribution in [3.05, 3.63) is 42.1 Å². The van der Waals surface area contributed by atoms with Crippen LogP contribution in [0.25, 0.3) is 22.3 Å². The van der Waals surface area contributed by atoms with Gasteiger partial charge in [-0.3, -0.25) is 4.72 Å². The van der Waals surface area contributed by atoms with Crippen molar-refractivity contribution in [1.82, 2.24) is 25.0 Å². The van der Waals surface area contributed by atoms with Crippen LogP contribution in [0.2, 0.25) is 0 Å². The van der Waals surface area contributed by atoms with E-state index in [9.17, 15) is 21.6 Å². The Labute approximate surface area is 190 Å². The second-order valence-electron chi connectivity index (χ2n) is 8.07. The normalized spacial score (nSPS) is 12.8. The second-order valence-corrected chi connectivity index (χ2v) is 9.74. The molecule has 0 fully saturated rings. The predicted molar refractivity (Wildman–Crippen MR) is 122 cm³/mol. The van der Waals surface area contributed by atoms with E-state index in [4.69, 9.17) is 0 Å². The van der Waals surface area contributed by atoms with Gasteiger partial charge in [0.2, 0.25) is 0 Å². The van der Waals surface area contributed by atoms with Gasteiger partial charge in [0.05, 0.1) is 23.0 Å². The third kappa shape index (κ3) is 5.63. The molecule has 0 bridgehead atoms. The van der Waals surface area contributed by atoms with E-state index in [0.717, 1.165) is 18.7 Å². The number of halogens is 3. The van der Waals surface area contributed by atoms with E-state index >= 15 is 0 Å². The maximum absolute atomic E-state index is 13.0. The van der Waals surface area contributed by atoms with E-state index < -0.39 is 15.5 Å². The Kier molecular flexibility index (Phi) is 7.29. The Hall–Kier alpha value is -2.70. The molecule has 0 saturated heterocycles. The third-order valence-electron chi connectivity index (χ3n) is 5.02. The van der Waals surface area contributed by atoms with Gasteiger partial charge in [0.15, 0.2) is 5.65 Å². The number of sulfonamides is 1. The highest BCUT2D eigenvalue weighted by molar-refractivity contribution is 7.93. The van der Waals surface area contributed by atoms with E-state index in [-0.39, 0.29) is 17.1 Å². The van der Waals surface area contributed by atoms with Gasteiger partial charge in [-0.05, 0) is 45.6 Å². The molecule has 2 N–H and O–H groups in total. The first kappa shape index (κ1) is 24.9. The quantitative estimate of drug-likeness (QED) is 0.482. The van der Waals surface area contributed by atoms with Gasteiger partial charge in [0, 0.05) is 31.2 Å². The first-order chi connectivity index (χ1) is 15.4. The van der Waals surface area contributed by atoms with Gasteiger partial charge in [0.1, 0.15) is 0 Å². The van der Waals surface area contributed by atoms with E-state index in [1.807, 2.05) is 46.1 Å². The summed E-state index contributed by atoms with van der Waals surface area (Å²) in [6.45, 7) is 6.03. The van der Waals surface area contributed by atoms with Crippen LogP contribution in [-0.2, 0) is 16.6 Å². The number of alkyl halides is 3. The zero-order valence-corrected chi connectivity index (χ0v) is 19.6. The Morgan fingerprint density at radius 2 is 1.94 bits per heavy atom. The van der Waals surface area contributed by atoms with E-state index in [1.54, 1.807) is 15.5 Å². The fourth-order valence-electron chi connectivity index (χ4n) is 3.35. The lowest BCUT2D eigenvalue weighted by atomic mass is 10.1. The molecule has 0 unspecified atom stereocenters. The average Bonchev–Trinajstić information content (AvgIpc) is 3.16. The van der Waals surface area contributed by atoms with E-state index in [1.165, 1.54) is 12.3 Å². The van der Waals surface area contributed by atoms with Crippen LogP contribution in [-0.4, -0.2) is 60.8 Å². The number of aromatic nitrogens is 3. The Morgan fingerprint density at radius 1 is 1.21 bits per heavy atom. The van der Waals surface area contributed by atoms with E-state index in [2.05, 4.69) is 20.3 Å². The standard InChI is InChI=1S/C21H27F3N6O2S/c1-14(2)30-20-17(12-26-30)19(28-33(31,32)21(22,23)24)11-18(27-20)16-7-5-6-15(10-16)13-29(4)9-8-25-3/h5-7,10-12,14,25H,8-9,13H2,1-4H3,(H,27,28). The molecule has 0 aliphatic rings. The molecule has 0 radical (unpaired) electrons. The number of benzene rings is 1. The summed E-state index contributed by atoms with van der Waals surface area (Å²) in [5.74, 6) is 0. The molecule has 0 aliphatic heterocycles. The predicted octanol–water partition coefficient (Wildman–Crippen LogP) is 3.59. The molecule has 0 amide bonds. The summed E-state index contributed by atoms with van der Waals surface area (Å²) >= 11 is 0. The highest BCUT2D eigenvalue weighted by Gasteiger charge is 2.46. The Bertz CT molecular complexity index is 1220. The van der Waals surface area contributed by atoms with Crippen molar-refractivity contribution in [2.75, 3.05) is 31.9 Å². The Morgan fingerprint density at radius 3 is 2.58 bits per heavy atom. The molecular weight excluding hydrogens is 457 g/mol. The lowest BCUT2D eigenvalue weighted by molar-refractivity contribution is -0.0429. The highest BCUT2D eigenvalue weighted by atomic mass is 32.2. The molecular formula is C21H27F3N6O2S. The molecule has 33 heavy (non-hydrogen) atoms. The van der Waals surface area contributed by atoms with Crippen LogP contribution in [0, 0.1) is 0 Å². The summed E-state index contributed by atoms with van der Waals surface area (Å²) < 4.78 is 66.0. The van der Waals surface area contributed by atoms with Crippen molar-refractivity contribution in [2.24, 2.45) is 0 Å². The topological polar surface area (TPSA) is 92.1 Å². The molecule has 3 aromatic rings. The van der Waals surface area contributed by atoms with Crippen molar-refractivity contribution in [3.8, 4) is 11.3 Å². The number of pyridine rings is 1. The zero-order valence-electron chi connectivity index (χ0n) is 18.8. The van der Waals surface area contributed by atoms with Crippen LogP contribution >= 0.6 is 0 Å². The molecule has 0 saturated carbocycles. The lowest BCUT2D eigenvalue weighted by Crippen LogP contribution is -2.30. The van der Waals surface area contributed by atoms with Crippen LogP contribution in [0.15, 0.2) is 36.5 Å². The Balaban J connectivity index is 2.08. The molecule has 180 valence electrons. The summed E-state index contributed by atoms with van der Waals surface area (Å²) in [5.41, 5.74) is -3.41. The van der Waals surface area contributed by atoms with Gasteiger partial charge in [0.25, 0.3) is 0 Å². The maximum atomic E-state index is 13.0. The smallest absolute Gasteiger partial charge is 0.318 e. The maximum Gasteiger partial charge on any atom is 0.516 e. The molecule has 2 aromatic heterocycles. The molecule has 0 atom stereocenters. The first-order valence-corrected chi connectivity index (χ1v) is 11.8. The van der Waals surface area contributed by atoms with Crippen LogP contribution in [0.1, 0.15) is 25.5 Å². The molecule has 1 aromatic carbocycles. The molecule has 0 aliphatic carbocycles. The minimum Gasteiger partial charge on any atom is -0.318 e. The summed E-state index contributed by atoms with van der Waals surface area (Å²) in [5, 5.41) is 7.47. The molecule has 0 spiro atoms. The fraction of sp³-hybridized carbons (Fsp3) is 0.429. The number of likely N-dealkylation sites (N-methyl/N-ethyl adjacent to an activating group) is 2. The van der Waals surface area contributed by atoms with Crippen molar-refractivity contribution >= 4 is 26.7 Å². The van der Waals surface area contributed by atoms with Gasteiger partial charge in [-0.25, -0.2) is 9.67 Å². The first-order valence-electron chi connectivity index (χ1n) is 10.3. The van der Waals surface area contributed by atoms with Gasteiger partial charge in [-0.2, -0.15) is 26.7 Å². The van der Waals surface area contributed by atoms with Gasteiger partial charge in [-0.15, -0.1) is 0 Å². The number of hydrogen-bond acceptors (Lipinski definition) is 6. The van der Waals surface area contributed by atoms with Crippen LogP contribution in [0.3, 0.4) is 0 Å². The summed E-state index contributed by atoms with van der Waals surface area (Å²) in [7, 11) is -1.75. The van der Waals surface area contributed by atoms with Crippen molar-refractivity contribution in [1.29, 1.82) is 0 Å². The second kappa shape index (κ2) is 9.65. The number of hydrogen-bond donors (Lipinski definition) is 2. The lowest BCUT2D eigenvalue weighted by Gasteiger charge is -2.17. The molecule has 3 rings (SSSR count). The molecule has 2 heterocycles. The van der Waals surface area contributed by atoms with Crippen molar-refractivity contribution in [2.45, 2.75) is 31.9 Å². The average molecular weight is 485 g/mol. The highest BCUT2D eigenvalue weighted by Crippen LogP contribution is 2.33. The molecule has 8 nitrogen and oxygen atoms in total. The fourth-order valence-corrected chi connectivity index (χ4v) is 3.93. The van der Waals surface area contributed by atoms with Crippen LogP contribution in [0.4, 0.5) is 18.9 Å². The zero-order chi connectivity index (χ0) is 24.4. The largest absolute Gasteiger partial charge is 0.516 e. The van der Waals surface area contributed by atoms with Gasteiger partial charge >= 0.3 is 15.5 Å². The van der Waals surface area contributed by atoms with E-state index in [0.29, 0.717) is 23.4 Å². The van der Waals surface area contributed by atoms with Crippen molar-refractivity contribution in [3.63, 3.8) is 0 Å². The summed E-state index contributed by atoms with van der Waals surface area (Å²) in [6.07, 6.45) is 1.31. The SMILES string of the molecule is CNCCN(C)Cc1cccc(-c2cc(NS(=O)(=O)C(F)(F)F)c3cnn(C(C)C)c3n2)c1. The minimum atomic E-state index is -5.61. The minimum absolute atomic E-state index is 0.135. The molecule has 12 heteroatoms. The van der Waals surface area contributed by atoms with Gasteiger partial charge in [-0.1, -0.05) is 18.2 Å².